The van der Waals surface area contributed by atoms with E-state index in [1.165, 1.54) is 17.8 Å². The second kappa shape index (κ2) is 5.36. The zero-order valence-electron chi connectivity index (χ0n) is 10.1. The van der Waals surface area contributed by atoms with Gasteiger partial charge in [-0.3, -0.25) is 0 Å². The van der Waals surface area contributed by atoms with Gasteiger partial charge in [-0.15, -0.1) is 11.8 Å². The maximum Gasteiger partial charge on any atom is 0.140 e. The highest BCUT2D eigenvalue weighted by atomic mass is 32.2. The molecule has 0 saturated heterocycles. The van der Waals surface area contributed by atoms with Gasteiger partial charge in [-0.25, -0.2) is 8.78 Å². The summed E-state index contributed by atoms with van der Waals surface area (Å²) in [7, 11) is 0. The van der Waals surface area contributed by atoms with Gasteiger partial charge >= 0.3 is 0 Å². The lowest BCUT2D eigenvalue weighted by atomic mass is 10.0. The van der Waals surface area contributed by atoms with Gasteiger partial charge in [0, 0.05) is 23.0 Å². The van der Waals surface area contributed by atoms with E-state index in [0.717, 1.165) is 30.2 Å². The second-order valence-corrected chi connectivity index (χ2v) is 5.78. The van der Waals surface area contributed by atoms with E-state index in [-0.39, 0.29) is 6.04 Å². The van der Waals surface area contributed by atoms with Gasteiger partial charge in [0.05, 0.1) is 0 Å². The van der Waals surface area contributed by atoms with Crippen LogP contribution < -0.4 is 5.32 Å². The Morgan fingerprint density at radius 3 is 2.82 bits per heavy atom. The predicted octanol–water partition coefficient (Wildman–Crippen LogP) is 3.89. The van der Waals surface area contributed by atoms with E-state index in [4.69, 9.17) is 0 Å². The van der Waals surface area contributed by atoms with E-state index in [0.29, 0.717) is 10.9 Å². The highest BCUT2D eigenvalue weighted by Gasteiger charge is 2.23. The predicted molar refractivity (Wildman–Crippen MR) is 67.3 cm³/mol. The Bertz CT molecular complexity index is 407. The molecule has 1 aromatic carbocycles. The minimum atomic E-state index is -0.487. The number of nitrogens with one attached hydrogen (secondary N) is 1. The molecule has 1 aliphatic rings. The van der Waals surface area contributed by atoms with Gasteiger partial charge in [-0.2, -0.15) is 0 Å². The standard InChI is InChI=1S/C13H17F2NS/c1-8(2)16-12-4-3-5-17-13-10(12)6-9(14)7-11(13)15/h6-8,12,16H,3-5H2,1-2H3. The fraction of sp³-hybridized carbons (Fsp3) is 0.538. The topological polar surface area (TPSA) is 12.0 Å². The van der Waals surface area contributed by atoms with Crippen molar-refractivity contribution in [3.63, 3.8) is 0 Å². The Morgan fingerprint density at radius 1 is 1.35 bits per heavy atom. The highest BCUT2D eigenvalue weighted by Crippen LogP contribution is 2.37. The average Bonchev–Trinajstić information content (AvgIpc) is 2.41. The van der Waals surface area contributed by atoms with Crippen LogP contribution in [0.5, 0.6) is 0 Å². The lowest BCUT2D eigenvalue weighted by Crippen LogP contribution is -2.28. The molecule has 1 aromatic rings. The summed E-state index contributed by atoms with van der Waals surface area (Å²) in [4.78, 5) is 0.613. The van der Waals surface area contributed by atoms with Gasteiger partial charge in [0.2, 0.25) is 0 Å². The Kier molecular flexibility index (Phi) is 4.05. The first-order chi connectivity index (χ1) is 8.08. The normalized spacial score (nSPS) is 20.2. The Morgan fingerprint density at radius 2 is 2.12 bits per heavy atom. The molecule has 4 heteroatoms. The number of fused-ring (bicyclic) bond motifs is 1. The van der Waals surface area contributed by atoms with Crippen LogP contribution in [0, 0.1) is 11.6 Å². The Balaban J connectivity index is 2.40. The number of halogens is 2. The van der Waals surface area contributed by atoms with Crippen LogP contribution in [-0.2, 0) is 0 Å². The molecule has 1 atom stereocenters. The van der Waals surface area contributed by atoms with Gasteiger partial charge in [-0.05, 0) is 30.2 Å². The lowest BCUT2D eigenvalue weighted by molar-refractivity contribution is 0.439. The van der Waals surface area contributed by atoms with E-state index in [1.807, 2.05) is 13.8 Å². The molecular formula is C13H17F2NS. The lowest BCUT2D eigenvalue weighted by Gasteiger charge is -2.21. The summed E-state index contributed by atoms with van der Waals surface area (Å²) in [5.41, 5.74) is 0.777. The molecule has 0 amide bonds. The zero-order chi connectivity index (χ0) is 12.4. The first-order valence-corrected chi connectivity index (χ1v) is 6.94. The maximum absolute atomic E-state index is 13.7. The third-order valence-electron chi connectivity index (χ3n) is 2.83. The average molecular weight is 257 g/mol. The summed E-state index contributed by atoms with van der Waals surface area (Å²) in [5, 5.41) is 3.39. The third kappa shape index (κ3) is 2.99. The zero-order valence-corrected chi connectivity index (χ0v) is 10.9. The van der Waals surface area contributed by atoms with Crippen LogP contribution in [0.15, 0.2) is 17.0 Å². The number of rotatable bonds is 2. The van der Waals surface area contributed by atoms with Crippen molar-refractivity contribution in [2.75, 3.05) is 5.75 Å². The minimum Gasteiger partial charge on any atom is -0.308 e. The van der Waals surface area contributed by atoms with Crippen LogP contribution in [0.2, 0.25) is 0 Å². The SMILES string of the molecule is CC(C)NC1CCCSc2c(F)cc(F)cc21. The molecule has 0 bridgehead atoms. The van der Waals surface area contributed by atoms with Gasteiger partial charge in [0.15, 0.2) is 0 Å². The highest BCUT2D eigenvalue weighted by molar-refractivity contribution is 7.99. The summed E-state index contributed by atoms with van der Waals surface area (Å²) in [6.07, 6.45) is 1.95. The largest absolute Gasteiger partial charge is 0.308 e. The molecule has 0 radical (unpaired) electrons. The van der Waals surface area contributed by atoms with Gasteiger partial charge < -0.3 is 5.32 Å². The van der Waals surface area contributed by atoms with Crippen molar-refractivity contribution in [2.45, 2.75) is 43.7 Å². The smallest absolute Gasteiger partial charge is 0.140 e. The van der Waals surface area contributed by atoms with Crippen molar-refractivity contribution in [3.8, 4) is 0 Å². The summed E-state index contributed by atoms with van der Waals surface area (Å²) in [6, 6.07) is 2.81. The molecule has 1 heterocycles. The molecule has 1 N–H and O–H groups in total. The molecule has 1 nitrogen and oxygen atoms in total. The molecule has 1 unspecified atom stereocenters. The molecule has 2 rings (SSSR count). The first-order valence-electron chi connectivity index (χ1n) is 5.95. The van der Waals surface area contributed by atoms with E-state index in [1.54, 1.807) is 0 Å². The summed E-state index contributed by atoms with van der Waals surface area (Å²) >= 11 is 1.49. The van der Waals surface area contributed by atoms with Crippen molar-refractivity contribution < 1.29 is 8.78 Å². The van der Waals surface area contributed by atoms with Gasteiger partial charge in [0.1, 0.15) is 11.6 Å². The van der Waals surface area contributed by atoms with Crippen LogP contribution in [-0.4, -0.2) is 11.8 Å². The molecule has 0 fully saturated rings. The molecule has 0 saturated carbocycles. The molecule has 94 valence electrons. The van der Waals surface area contributed by atoms with E-state index < -0.39 is 11.6 Å². The fourth-order valence-electron chi connectivity index (χ4n) is 2.18. The second-order valence-electron chi connectivity index (χ2n) is 4.67. The molecule has 17 heavy (non-hydrogen) atoms. The van der Waals surface area contributed by atoms with Crippen molar-refractivity contribution in [1.82, 2.24) is 5.32 Å². The summed E-state index contributed by atoms with van der Waals surface area (Å²) in [5.74, 6) is -0.0204. The summed E-state index contributed by atoms with van der Waals surface area (Å²) in [6.45, 7) is 4.10. The van der Waals surface area contributed by atoms with Gasteiger partial charge in [0.25, 0.3) is 0 Å². The Labute approximate surface area is 105 Å². The quantitative estimate of drug-likeness (QED) is 0.862. The molecule has 0 aromatic heterocycles. The molecule has 0 spiro atoms. The molecule has 0 aliphatic carbocycles. The number of hydrogen-bond donors (Lipinski definition) is 1. The van der Waals surface area contributed by atoms with Crippen molar-refractivity contribution in [2.24, 2.45) is 0 Å². The van der Waals surface area contributed by atoms with Gasteiger partial charge in [-0.1, -0.05) is 13.8 Å². The fourth-order valence-corrected chi connectivity index (χ4v) is 3.26. The maximum atomic E-state index is 13.7. The van der Waals surface area contributed by atoms with Crippen LogP contribution in [0.1, 0.15) is 38.3 Å². The van der Waals surface area contributed by atoms with E-state index in [9.17, 15) is 8.78 Å². The third-order valence-corrected chi connectivity index (χ3v) is 4.04. The monoisotopic (exact) mass is 257 g/mol. The number of thioether (sulfide) groups is 1. The molecule has 1 aliphatic heterocycles. The van der Waals surface area contributed by atoms with Crippen LogP contribution in [0.3, 0.4) is 0 Å². The van der Waals surface area contributed by atoms with Crippen LogP contribution in [0.25, 0.3) is 0 Å². The Hall–Kier alpha value is -0.610. The van der Waals surface area contributed by atoms with Crippen LogP contribution in [0.4, 0.5) is 8.78 Å². The molecular weight excluding hydrogens is 240 g/mol. The minimum absolute atomic E-state index is 0.0604. The number of hydrogen-bond acceptors (Lipinski definition) is 2. The van der Waals surface area contributed by atoms with Crippen molar-refractivity contribution in [3.05, 3.63) is 29.3 Å². The van der Waals surface area contributed by atoms with Crippen molar-refractivity contribution >= 4 is 11.8 Å². The number of benzene rings is 1. The van der Waals surface area contributed by atoms with Crippen LogP contribution >= 0.6 is 11.8 Å². The van der Waals surface area contributed by atoms with E-state index >= 15 is 0 Å². The van der Waals surface area contributed by atoms with E-state index in [2.05, 4.69) is 5.32 Å². The van der Waals surface area contributed by atoms with Crippen molar-refractivity contribution in [1.29, 1.82) is 0 Å². The first kappa shape index (κ1) is 12.8. The summed E-state index contributed by atoms with van der Waals surface area (Å²) < 4.78 is 27.1.